The molecule has 0 unspecified atom stereocenters. The molecule has 4 fully saturated rings. The number of ether oxygens (including phenoxy) is 2. The SMILES string of the molecule is COC(=O)[C@H]1[C@H]2[C@@](C)(CCC[C@@]2(C)C(=O)OC)[C@@H]2CC[C@]3(O[Si](C)(C)C)C[C@]12C/C3=C\O[Si](C)(C)C. The lowest BCUT2D eigenvalue weighted by Crippen LogP contribution is -2.51. The zero-order valence-electron chi connectivity index (χ0n) is 24.2. The summed E-state index contributed by atoms with van der Waals surface area (Å²) >= 11 is 0. The number of rotatable bonds is 6. The predicted octanol–water partition coefficient (Wildman–Crippen LogP) is 6.29. The molecule has 0 saturated heterocycles. The van der Waals surface area contributed by atoms with Crippen LogP contribution in [-0.4, -0.2) is 48.4 Å². The summed E-state index contributed by atoms with van der Waals surface area (Å²) in [7, 11) is -0.748. The molecule has 0 aromatic rings. The van der Waals surface area contributed by atoms with Crippen LogP contribution < -0.4 is 0 Å². The van der Waals surface area contributed by atoms with Crippen LogP contribution in [0.4, 0.5) is 0 Å². The summed E-state index contributed by atoms with van der Waals surface area (Å²) in [6.45, 7) is 17.7. The molecular formula is C28H48O6Si2. The highest BCUT2D eigenvalue weighted by atomic mass is 28.4. The third-order valence-electron chi connectivity index (χ3n) is 9.97. The maximum atomic E-state index is 13.8. The molecule has 7 atom stereocenters. The van der Waals surface area contributed by atoms with Crippen molar-refractivity contribution in [3.05, 3.63) is 11.8 Å². The van der Waals surface area contributed by atoms with Crippen LogP contribution in [-0.2, 0) is 27.9 Å². The van der Waals surface area contributed by atoms with Gasteiger partial charge in [-0.15, -0.1) is 0 Å². The first-order valence-electron chi connectivity index (χ1n) is 13.7. The van der Waals surface area contributed by atoms with Crippen LogP contribution in [0.5, 0.6) is 0 Å². The van der Waals surface area contributed by atoms with Crippen molar-refractivity contribution >= 4 is 28.6 Å². The summed E-state index contributed by atoms with van der Waals surface area (Å²) < 4.78 is 24.4. The minimum atomic E-state index is -1.92. The van der Waals surface area contributed by atoms with Crippen LogP contribution in [0.2, 0.25) is 39.3 Å². The quantitative estimate of drug-likeness (QED) is 0.226. The molecule has 8 heteroatoms. The second-order valence-corrected chi connectivity index (χ2v) is 23.4. The first kappa shape index (κ1) is 27.9. The van der Waals surface area contributed by atoms with Gasteiger partial charge in [0, 0.05) is 0 Å². The molecule has 0 aliphatic heterocycles. The number of carbonyl (C=O) groups is 2. The molecule has 0 aromatic heterocycles. The molecule has 2 bridgehead atoms. The molecule has 4 aliphatic rings. The molecule has 0 radical (unpaired) electrons. The van der Waals surface area contributed by atoms with Gasteiger partial charge in [0.15, 0.2) is 8.32 Å². The van der Waals surface area contributed by atoms with Crippen LogP contribution in [0.3, 0.4) is 0 Å². The maximum absolute atomic E-state index is 13.8. The van der Waals surface area contributed by atoms with Gasteiger partial charge in [-0.05, 0) is 113 Å². The van der Waals surface area contributed by atoms with Crippen molar-refractivity contribution in [2.45, 2.75) is 104 Å². The van der Waals surface area contributed by atoms with Crippen molar-refractivity contribution in [2.24, 2.45) is 34.0 Å². The Morgan fingerprint density at radius 2 is 1.61 bits per heavy atom. The van der Waals surface area contributed by atoms with Gasteiger partial charge in [-0.25, -0.2) is 0 Å². The van der Waals surface area contributed by atoms with E-state index in [0.29, 0.717) is 5.92 Å². The number of hydrogen-bond donors (Lipinski definition) is 0. The van der Waals surface area contributed by atoms with Gasteiger partial charge in [0.05, 0.1) is 37.4 Å². The Morgan fingerprint density at radius 1 is 0.944 bits per heavy atom. The van der Waals surface area contributed by atoms with Gasteiger partial charge in [0.2, 0.25) is 8.32 Å². The van der Waals surface area contributed by atoms with Crippen molar-refractivity contribution in [3.8, 4) is 0 Å². The fourth-order valence-electron chi connectivity index (χ4n) is 9.25. The van der Waals surface area contributed by atoms with Crippen molar-refractivity contribution in [1.29, 1.82) is 0 Å². The zero-order chi connectivity index (χ0) is 26.9. The van der Waals surface area contributed by atoms with Gasteiger partial charge in [0.1, 0.15) is 0 Å². The van der Waals surface area contributed by atoms with Gasteiger partial charge in [-0.2, -0.15) is 0 Å². The highest BCUT2D eigenvalue weighted by Gasteiger charge is 2.78. The zero-order valence-corrected chi connectivity index (χ0v) is 26.2. The first-order chi connectivity index (χ1) is 16.5. The maximum Gasteiger partial charge on any atom is 0.311 e. The topological polar surface area (TPSA) is 71.1 Å². The van der Waals surface area contributed by atoms with Gasteiger partial charge in [-0.1, -0.05) is 13.3 Å². The van der Waals surface area contributed by atoms with E-state index < -0.39 is 27.7 Å². The lowest BCUT2D eigenvalue weighted by Gasteiger charge is -2.51. The Morgan fingerprint density at radius 3 is 2.17 bits per heavy atom. The minimum Gasteiger partial charge on any atom is -0.550 e. The molecule has 36 heavy (non-hydrogen) atoms. The monoisotopic (exact) mass is 536 g/mol. The second kappa shape index (κ2) is 8.70. The summed E-state index contributed by atoms with van der Waals surface area (Å²) in [5, 5.41) is 0. The minimum absolute atomic E-state index is 0.122. The molecule has 0 amide bonds. The summed E-state index contributed by atoms with van der Waals surface area (Å²) in [4.78, 5) is 27.2. The third-order valence-corrected chi connectivity index (χ3v) is 11.8. The lowest BCUT2D eigenvalue weighted by molar-refractivity contribution is -0.170. The summed E-state index contributed by atoms with van der Waals surface area (Å²) in [5.41, 5.74) is -0.348. The number of hydrogen-bond acceptors (Lipinski definition) is 6. The van der Waals surface area contributed by atoms with Crippen molar-refractivity contribution < 1.29 is 27.9 Å². The van der Waals surface area contributed by atoms with E-state index in [2.05, 4.69) is 46.2 Å². The van der Waals surface area contributed by atoms with Crippen molar-refractivity contribution in [2.75, 3.05) is 14.2 Å². The molecule has 4 aliphatic carbocycles. The fourth-order valence-corrected chi connectivity index (χ4v) is 11.2. The first-order valence-corrected chi connectivity index (χ1v) is 20.5. The van der Waals surface area contributed by atoms with Crippen molar-refractivity contribution in [3.63, 3.8) is 0 Å². The normalized spacial score (nSPS) is 43.1. The van der Waals surface area contributed by atoms with Gasteiger partial charge >= 0.3 is 11.9 Å². The van der Waals surface area contributed by atoms with E-state index in [1.54, 1.807) is 0 Å². The molecule has 0 N–H and O–H groups in total. The highest BCUT2D eigenvalue weighted by molar-refractivity contribution is 6.70. The van der Waals surface area contributed by atoms with Gasteiger partial charge < -0.3 is 18.3 Å². The van der Waals surface area contributed by atoms with Gasteiger partial charge in [-0.3, -0.25) is 9.59 Å². The Hall–Kier alpha value is -1.13. The number of fused-ring (bicyclic) bond motifs is 3. The van der Waals surface area contributed by atoms with E-state index in [4.69, 9.17) is 18.3 Å². The van der Waals surface area contributed by atoms with E-state index in [0.717, 1.165) is 44.9 Å². The Bertz CT molecular complexity index is 951. The van der Waals surface area contributed by atoms with Crippen LogP contribution in [0, 0.1) is 34.0 Å². The number of esters is 2. The van der Waals surface area contributed by atoms with Crippen LogP contribution in [0.1, 0.15) is 58.8 Å². The summed E-state index contributed by atoms with van der Waals surface area (Å²) in [6, 6.07) is 0. The van der Waals surface area contributed by atoms with Crippen molar-refractivity contribution in [1.82, 2.24) is 0 Å². The van der Waals surface area contributed by atoms with E-state index in [9.17, 15) is 9.59 Å². The fraction of sp³-hybridized carbons (Fsp3) is 0.857. The van der Waals surface area contributed by atoms with Gasteiger partial charge in [0.25, 0.3) is 0 Å². The lowest BCUT2D eigenvalue weighted by atomic mass is 9.53. The summed E-state index contributed by atoms with van der Waals surface area (Å²) in [6.07, 6.45) is 8.26. The smallest absolute Gasteiger partial charge is 0.311 e. The molecular weight excluding hydrogens is 488 g/mol. The van der Waals surface area contributed by atoms with Crippen LogP contribution >= 0.6 is 0 Å². The van der Waals surface area contributed by atoms with E-state index in [-0.39, 0.29) is 34.6 Å². The van der Waals surface area contributed by atoms with E-state index >= 15 is 0 Å². The standard InChI is InChI=1S/C28H48O6Si2/c1-25-13-11-14-26(2,24(30)32-4)22(25)21(23(29)31-3)27-16-19(17-33-35(5,6)7)28(18-27,15-12-20(25)27)34-36(8,9)10/h17,20-22H,11-16,18H2,1-10H3/b19-17+/t20-,21+,22-,25-,26+,27-,28-/m0/s1. The molecule has 0 heterocycles. The van der Waals surface area contributed by atoms with Crippen LogP contribution in [0.25, 0.3) is 0 Å². The Kier molecular flexibility index (Phi) is 6.74. The molecule has 204 valence electrons. The average molecular weight is 537 g/mol. The van der Waals surface area contributed by atoms with E-state index in [1.807, 2.05) is 13.2 Å². The average Bonchev–Trinajstić information content (AvgIpc) is 3.13. The Balaban J connectivity index is 1.91. The third kappa shape index (κ3) is 4.13. The predicted molar refractivity (Wildman–Crippen MR) is 145 cm³/mol. The number of carbonyl (C=O) groups excluding carboxylic acids is 2. The molecule has 4 rings (SSSR count). The highest BCUT2D eigenvalue weighted by Crippen LogP contribution is 2.79. The van der Waals surface area contributed by atoms with Crippen LogP contribution in [0.15, 0.2) is 11.8 Å². The molecule has 6 nitrogen and oxygen atoms in total. The second-order valence-electron chi connectivity index (χ2n) is 14.5. The van der Waals surface area contributed by atoms with E-state index in [1.165, 1.54) is 19.8 Å². The molecule has 0 aromatic carbocycles. The number of methoxy groups -OCH3 is 2. The summed E-state index contributed by atoms with van der Waals surface area (Å²) in [5.74, 6) is -0.544. The Labute approximate surface area is 220 Å². The largest absolute Gasteiger partial charge is 0.550 e. The molecule has 4 saturated carbocycles. The molecule has 1 spiro atoms.